The van der Waals surface area contributed by atoms with Crippen LogP contribution in [-0.4, -0.2) is 29.9 Å². The minimum absolute atomic E-state index is 0.166. The van der Waals surface area contributed by atoms with E-state index in [0.29, 0.717) is 23.9 Å². The molecule has 21 heavy (non-hydrogen) atoms. The molecule has 2 unspecified atom stereocenters. The molecule has 4 rings (SSSR count). The quantitative estimate of drug-likeness (QED) is 0.921. The van der Waals surface area contributed by atoms with E-state index in [1.807, 2.05) is 0 Å². The van der Waals surface area contributed by atoms with Gasteiger partial charge in [-0.2, -0.15) is 0 Å². The summed E-state index contributed by atoms with van der Waals surface area (Å²) >= 11 is 0. The fourth-order valence-corrected chi connectivity index (χ4v) is 3.87. The zero-order valence-corrected chi connectivity index (χ0v) is 12.7. The van der Waals surface area contributed by atoms with Gasteiger partial charge < -0.3 is 10.2 Å². The maximum atomic E-state index is 13.1. The average molecular weight is 284 g/mol. The fraction of sp³-hybridized carbons (Fsp3) is 0.611. The molecule has 0 spiro atoms. The van der Waals surface area contributed by atoms with Crippen molar-refractivity contribution in [1.29, 1.82) is 0 Å². The minimum Gasteiger partial charge on any atom is -0.332 e. The Labute approximate surface area is 126 Å². The summed E-state index contributed by atoms with van der Waals surface area (Å²) in [4.78, 5) is 15.3. The molecule has 2 fully saturated rings. The Balaban J connectivity index is 1.59. The predicted molar refractivity (Wildman–Crippen MR) is 82.9 cm³/mol. The molecule has 1 aliphatic heterocycles. The highest BCUT2D eigenvalue weighted by Gasteiger charge is 2.43. The highest BCUT2D eigenvalue weighted by atomic mass is 16.2. The smallest absolute Gasteiger partial charge is 0.226 e. The molecule has 1 aromatic carbocycles. The summed E-state index contributed by atoms with van der Waals surface area (Å²) in [6.45, 7) is 4.14. The highest BCUT2D eigenvalue weighted by molar-refractivity contribution is 5.80. The van der Waals surface area contributed by atoms with Gasteiger partial charge in [0.1, 0.15) is 0 Å². The van der Waals surface area contributed by atoms with E-state index in [-0.39, 0.29) is 5.92 Å². The van der Waals surface area contributed by atoms with Gasteiger partial charge in [0.05, 0.1) is 6.04 Å². The molecule has 1 heterocycles. The largest absolute Gasteiger partial charge is 0.332 e. The van der Waals surface area contributed by atoms with Gasteiger partial charge in [0.25, 0.3) is 0 Å². The number of hydrogen-bond acceptors (Lipinski definition) is 2. The summed E-state index contributed by atoms with van der Waals surface area (Å²) in [6, 6.07) is 9.52. The number of carbonyl (C=O) groups is 1. The molecule has 1 aromatic rings. The molecular weight excluding hydrogens is 260 g/mol. The molecule has 112 valence electrons. The second-order valence-corrected chi connectivity index (χ2v) is 6.94. The number of nitrogens with zero attached hydrogens (tertiary/aromatic N) is 1. The third-order valence-corrected chi connectivity index (χ3v) is 5.54. The van der Waals surface area contributed by atoms with E-state index >= 15 is 0 Å². The molecule has 1 amide bonds. The average Bonchev–Trinajstić information content (AvgIpc) is 3.18. The second kappa shape index (κ2) is 5.13. The van der Waals surface area contributed by atoms with Crippen LogP contribution in [0.4, 0.5) is 0 Å². The van der Waals surface area contributed by atoms with Crippen molar-refractivity contribution in [2.45, 2.75) is 44.7 Å². The van der Waals surface area contributed by atoms with Gasteiger partial charge in [-0.15, -0.1) is 0 Å². The summed E-state index contributed by atoms with van der Waals surface area (Å²) < 4.78 is 0. The molecule has 3 nitrogen and oxygen atoms in total. The first kappa shape index (κ1) is 13.3. The Kier molecular flexibility index (Phi) is 3.26. The minimum atomic E-state index is 0.166. The molecule has 0 radical (unpaired) electrons. The lowest BCUT2D eigenvalue weighted by molar-refractivity contribution is -0.140. The first-order valence-electron chi connectivity index (χ1n) is 8.36. The number of aryl methyl sites for hydroxylation is 1. The van der Waals surface area contributed by atoms with E-state index in [9.17, 15) is 4.79 Å². The molecule has 1 saturated carbocycles. The third-order valence-electron chi connectivity index (χ3n) is 5.54. The van der Waals surface area contributed by atoms with Crippen LogP contribution in [0.25, 0.3) is 0 Å². The van der Waals surface area contributed by atoms with Crippen molar-refractivity contribution < 1.29 is 4.79 Å². The summed E-state index contributed by atoms with van der Waals surface area (Å²) in [6.07, 6.45) is 4.62. The van der Waals surface area contributed by atoms with E-state index in [2.05, 4.69) is 41.4 Å². The van der Waals surface area contributed by atoms with Gasteiger partial charge in [0, 0.05) is 12.0 Å². The lowest BCUT2D eigenvalue weighted by Gasteiger charge is -2.38. The monoisotopic (exact) mass is 284 g/mol. The predicted octanol–water partition coefficient (Wildman–Crippen LogP) is 2.52. The van der Waals surface area contributed by atoms with Crippen molar-refractivity contribution in [2.24, 2.45) is 11.8 Å². The molecule has 3 heteroatoms. The number of benzene rings is 1. The van der Waals surface area contributed by atoms with Gasteiger partial charge in [-0.3, -0.25) is 4.79 Å². The number of amides is 1. The summed E-state index contributed by atoms with van der Waals surface area (Å²) in [5, 5.41) is 3.30. The van der Waals surface area contributed by atoms with Gasteiger partial charge in [-0.25, -0.2) is 0 Å². The molecule has 0 bridgehead atoms. The van der Waals surface area contributed by atoms with E-state index in [4.69, 9.17) is 0 Å². The van der Waals surface area contributed by atoms with Gasteiger partial charge in [-0.05, 0) is 55.8 Å². The van der Waals surface area contributed by atoms with Crippen LogP contribution in [0.2, 0.25) is 0 Å². The molecular formula is C18H24N2O. The van der Waals surface area contributed by atoms with Crippen LogP contribution in [0.15, 0.2) is 24.3 Å². The zero-order chi connectivity index (χ0) is 14.4. The van der Waals surface area contributed by atoms with Gasteiger partial charge in [0.15, 0.2) is 0 Å². The van der Waals surface area contributed by atoms with Crippen LogP contribution in [0.1, 0.15) is 43.4 Å². The Morgan fingerprint density at radius 3 is 2.67 bits per heavy atom. The molecule has 0 aromatic heterocycles. The van der Waals surface area contributed by atoms with Crippen molar-refractivity contribution in [3.05, 3.63) is 35.4 Å². The van der Waals surface area contributed by atoms with E-state index < -0.39 is 0 Å². The molecule has 3 aliphatic rings. The lowest BCUT2D eigenvalue weighted by atomic mass is 9.87. The van der Waals surface area contributed by atoms with Crippen LogP contribution in [0, 0.1) is 11.8 Å². The molecule has 1 saturated heterocycles. The molecule has 2 atom stereocenters. The normalized spacial score (nSPS) is 26.0. The number of nitrogens with one attached hydrogen (secondary N) is 1. The Morgan fingerprint density at radius 1 is 1.24 bits per heavy atom. The number of rotatable bonds is 4. The number of fused-ring (bicyclic) bond motifs is 1. The van der Waals surface area contributed by atoms with Crippen LogP contribution >= 0.6 is 0 Å². The van der Waals surface area contributed by atoms with Gasteiger partial charge >= 0.3 is 0 Å². The van der Waals surface area contributed by atoms with Crippen molar-refractivity contribution in [2.75, 3.05) is 13.1 Å². The highest BCUT2D eigenvalue weighted by Crippen LogP contribution is 2.43. The van der Waals surface area contributed by atoms with Crippen LogP contribution in [-0.2, 0) is 11.2 Å². The summed E-state index contributed by atoms with van der Waals surface area (Å²) in [5.41, 5.74) is 2.84. The van der Waals surface area contributed by atoms with E-state index in [0.717, 1.165) is 25.9 Å². The van der Waals surface area contributed by atoms with Crippen molar-refractivity contribution in [3.63, 3.8) is 0 Å². The summed E-state index contributed by atoms with van der Waals surface area (Å²) in [7, 11) is 0. The maximum absolute atomic E-state index is 13.1. The number of carbonyl (C=O) groups excluding carboxylic acids is 1. The zero-order valence-electron chi connectivity index (χ0n) is 12.7. The third kappa shape index (κ3) is 2.28. The first-order chi connectivity index (χ1) is 10.3. The van der Waals surface area contributed by atoms with Crippen molar-refractivity contribution in [1.82, 2.24) is 10.2 Å². The van der Waals surface area contributed by atoms with E-state index in [1.54, 1.807) is 0 Å². The Bertz CT molecular complexity index is 548. The Hall–Kier alpha value is -1.35. The standard InChI is InChI=1S/C18H24N2O/c1-12(14-10-19-11-14)18(21)20(15-7-8-15)17-9-6-13-4-2-3-5-16(13)17/h2-5,12,14-15,17,19H,6-11H2,1H3. The van der Waals surface area contributed by atoms with Gasteiger partial charge in [0.2, 0.25) is 5.91 Å². The molecule has 2 aliphatic carbocycles. The Morgan fingerprint density at radius 2 is 2.00 bits per heavy atom. The van der Waals surface area contributed by atoms with Crippen LogP contribution < -0.4 is 5.32 Å². The van der Waals surface area contributed by atoms with Gasteiger partial charge in [-0.1, -0.05) is 31.2 Å². The van der Waals surface area contributed by atoms with Crippen LogP contribution in [0.3, 0.4) is 0 Å². The van der Waals surface area contributed by atoms with Crippen molar-refractivity contribution in [3.8, 4) is 0 Å². The molecule has 1 N–H and O–H groups in total. The maximum Gasteiger partial charge on any atom is 0.226 e. The fourth-order valence-electron chi connectivity index (χ4n) is 3.87. The van der Waals surface area contributed by atoms with Crippen LogP contribution in [0.5, 0.6) is 0 Å². The first-order valence-corrected chi connectivity index (χ1v) is 8.36. The van der Waals surface area contributed by atoms with Crippen molar-refractivity contribution >= 4 is 5.91 Å². The number of hydrogen-bond donors (Lipinski definition) is 1. The van der Waals surface area contributed by atoms with E-state index in [1.165, 1.54) is 24.0 Å². The SMILES string of the molecule is CC(C(=O)N(C1CC1)C1CCc2ccccc21)C1CNC1. The second-order valence-electron chi connectivity index (χ2n) is 6.94. The summed E-state index contributed by atoms with van der Waals surface area (Å²) in [5.74, 6) is 1.10. The topological polar surface area (TPSA) is 32.3 Å². The lowest BCUT2D eigenvalue weighted by Crippen LogP contribution is -2.51.